The van der Waals surface area contributed by atoms with Crippen LogP contribution in [0.4, 0.5) is 26.3 Å². The van der Waals surface area contributed by atoms with Gasteiger partial charge >= 0.3 is 18.3 Å². The van der Waals surface area contributed by atoms with E-state index in [4.69, 9.17) is 5.26 Å². The van der Waals surface area contributed by atoms with Crippen LogP contribution >= 0.6 is 0 Å². The van der Waals surface area contributed by atoms with E-state index in [9.17, 15) is 41.0 Å². The van der Waals surface area contributed by atoms with Crippen molar-refractivity contribution in [1.82, 2.24) is 10.3 Å². The molecule has 4 aromatic rings. The van der Waals surface area contributed by atoms with Gasteiger partial charge in [0.15, 0.2) is 0 Å². The predicted molar refractivity (Wildman–Crippen MR) is 131 cm³/mol. The molecule has 4 rings (SSSR count). The van der Waals surface area contributed by atoms with Gasteiger partial charge in [-0.1, -0.05) is 18.2 Å². The smallest absolute Gasteiger partial charge is 0.416 e. The number of hydrogen-bond donors (Lipinski definition) is 2. The molecule has 1 heterocycles. The number of benzene rings is 3. The van der Waals surface area contributed by atoms with Crippen molar-refractivity contribution in [1.29, 1.82) is 5.26 Å². The standard InChI is InChI=1S/C28H17F6N3O3/c29-27(30,31)20-10-19(11-21(12-20)28(32,33)34)23-7-5-17-9-18(6-8-22(17)36-23)26(40)37-24(13-25(38)39)16-3-1-15(14-35)2-4-16/h1-12,24H,13H2,(H,37,40)(H,38,39). The summed E-state index contributed by atoms with van der Waals surface area (Å²) in [7, 11) is 0. The van der Waals surface area contributed by atoms with Crippen LogP contribution in [0.5, 0.6) is 0 Å². The first kappa shape index (κ1) is 28.1. The van der Waals surface area contributed by atoms with Crippen molar-refractivity contribution < 1.29 is 41.0 Å². The Kier molecular flexibility index (Phi) is 7.51. The van der Waals surface area contributed by atoms with Crippen molar-refractivity contribution >= 4 is 22.8 Å². The fourth-order valence-electron chi connectivity index (χ4n) is 3.99. The largest absolute Gasteiger partial charge is 0.481 e. The Morgan fingerprint density at radius 1 is 0.875 bits per heavy atom. The van der Waals surface area contributed by atoms with Gasteiger partial charge in [-0.05, 0) is 60.2 Å². The van der Waals surface area contributed by atoms with Gasteiger partial charge in [0.25, 0.3) is 5.91 Å². The van der Waals surface area contributed by atoms with Crippen LogP contribution in [0.1, 0.15) is 45.1 Å². The molecule has 1 atom stereocenters. The molecule has 0 spiro atoms. The Hall–Kier alpha value is -4.92. The minimum Gasteiger partial charge on any atom is -0.481 e. The average Bonchev–Trinajstić information content (AvgIpc) is 2.90. The van der Waals surface area contributed by atoms with Crippen LogP contribution in [0, 0.1) is 11.3 Å². The van der Waals surface area contributed by atoms with Crippen LogP contribution in [0.3, 0.4) is 0 Å². The second-order valence-electron chi connectivity index (χ2n) is 8.76. The number of aromatic nitrogens is 1. The molecule has 1 amide bonds. The number of carbonyl (C=O) groups excluding carboxylic acids is 1. The molecule has 0 aliphatic heterocycles. The number of rotatable bonds is 6. The van der Waals surface area contributed by atoms with Crippen LogP contribution < -0.4 is 5.32 Å². The quantitative estimate of drug-likeness (QED) is 0.255. The van der Waals surface area contributed by atoms with E-state index < -0.39 is 47.8 Å². The Labute approximate surface area is 222 Å². The normalized spacial score (nSPS) is 12.5. The van der Waals surface area contributed by atoms with E-state index in [1.807, 2.05) is 6.07 Å². The summed E-state index contributed by atoms with van der Waals surface area (Å²) in [5.74, 6) is -1.80. The molecule has 0 bridgehead atoms. The summed E-state index contributed by atoms with van der Waals surface area (Å²) in [5, 5.41) is 21.2. The maximum absolute atomic E-state index is 13.3. The topological polar surface area (TPSA) is 103 Å². The minimum atomic E-state index is -5.01. The molecule has 1 unspecified atom stereocenters. The molecule has 6 nitrogen and oxygen atoms in total. The van der Waals surface area contributed by atoms with Crippen LogP contribution in [0.15, 0.2) is 72.8 Å². The highest BCUT2D eigenvalue weighted by atomic mass is 19.4. The number of hydrogen-bond acceptors (Lipinski definition) is 4. The van der Waals surface area contributed by atoms with Crippen molar-refractivity contribution in [2.45, 2.75) is 24.8 Å². The Bertz CT molecular complexity index is 1610. The van der Waals surface area contributed by atoms with Gasteiger partial charge in [-0.15, -0.1) is 0 Å². The zero-order chi connectivity index (χ0) is 29.2. The summed E-state index contributed by atoms with van der Waals surface area (Å²) in [6, 6.07) is 15.0. The van der Waals surface area contributed by atoms with Crippen molar-refractivity contribution in [2.24, 2.45) is 0 Å². The highest BCUT2D eigenvalue weighted by Gasteiger charge is 2.37. The highest BCUT2D eigenvalue weighted by Crippen LogP contribution is 2.38. The highest BCUT2D eigenvalue weighted by molar-refractivity contribution is 5.98. The third-order valence-corrected chi connectivity index (χ3v) is 5.96. The molecule has 3 aromatic carbocycles. The van der Waals surface area contributed by atoms with Crippen molar-refractivity contribution in [3.63, 3.8) is 0 Å². The number of alkyl halides is 6. The number of nitriles is 1. The number of carboxylic acid groups (broad SMARTS) is 1. The number of aliphatic carboxylic acids is 1. The molecule has 12 heteroatoms. The van der Waals surface area contributed by atoms with Crippen molar-refractivity contribution in [3.05, 3.63) is 101 Å². The maximum Gasteiger partial charge on any atom is 0.416 e. The van der Waals surface area contributed by atoms with Gasteiger partial charge in [0.05, 0.1) is 46.4 Å². The van der Waals surface area contributed by atoms with Crippen LogP contribution in [-0.2, 0) is 17.1 Å². The molecule has 0 aliphatic rings. The molecular formula is C28H17F6N3O3. The number of amides is 1. The Morgan fingerprint density at radius 3 is 2.05 bits per heavy atom. The summed E-state index contributed by atoms with van der Waals surface area (Å²) in [6.07, 6.45) is -10.5. The first-order valence-corrected chi connectivity index (χ1v) is 11.5. The van der Waals surface area contributed by atoms with Crippen molar-refractivity contribution in [2.75, 3.05) is 0 Å². The predicted octanol–water partition coefficient (Wildman–Crippen LogP) is 6.76. The molecule has 0 saturated carbocycles. The first-order valence-electron chi connectivity index (χ1n) is 11.5. The second kappa shape index (κ2) is 10.7. The van der Waals surface area contributed by atoms with Crippen molar-refractivity contribution in [3.8, 4) is 17.3 Å². The number of carbonyl (C=O) groups is 2. The first-order chi connectivity index (χ1) is 18.7. The molecule has 0 radical (unpaired) electrons. The van der Waals surface area contributed by atoms with Gasteiger partial charge in [0.1, 0.15) is 0 Å². The van der Waals surface area contributed by atoms with E-state index in [-0.39, 0.29) is 28.4 Å². The lowest BCUT2D eigenvalue weighted by Gasteiger charge is -2.18. The van der Waals surface area contributed by atoms with Crippen LogP contribution in [0.25, 0.3) is 22.2 Å². The van der Waals surface area contributed by atoms with Gasteiger partial charge in [-0.25, -0.2) is 4.98 Å². The molecule has 0 fully saturated rings. The van der Waals surface area contributed by atoms with Gasteiger partial charge in [0.2, 0.25) is 0 Å². The third kappa shape index (κ3) is 6.37. The van der Waals surface area contributed by atoms with E-state index in [0.717, 1.165) is 0 Å². The number of carboxylic acids is 1. The number of pyridine rings is 1. The molecule has 204 valence electrons. The van der Waals surface area contributed by atoms with E-state index >= 15 is 0 Å². The molecule has 0 aliphatic carbocycles. The summed E-state index contributed by atoms with van der Waals surface area (Å²) in [6.45, 7) is 0. The van der Waals surface area contributed by atoms with E-state index in [0.29, 0.717) is 28.6 Å². The maximum atomic E-state index is 13.3. The molecule has 0 saturated heterocycles. The van der Waals surface area contributed by atoms with Gasteiger partial charge in [-0.2, -0.15) is 31.6 Å². The van der Waals surface area contributed by atoms with E-state index in [2.05, 4.69) is 10.3 Å². The van der Waals surface area contributed by atoms with Gasteiger partial charge < -0.3 is 10.4 Å². The van der Waals surface area contributed by atoms with Crippen LogP contribution in [-0.4, -0.2) is 22.0 Å². The summed E-state index contributed by atoms with van der Waals surface area (Å²) >= 11 is 0. The molecule has 2 N–H and O–H groups in total. The molecule has 40 heavy (non-hydrogen) atoms. The minimum absolute atomic E-state index is 0.0327. The zero-order valence-corrected chi connectivity index (χ0v) is 20.1. The SMILES string of the molecule is N#Cc1ccc(C(CC(=O)O)NC(=O)c2ccc3nc(-c4cc(C(F)(F)F)cc(C(F)(F)F)c4)ccc3c2)cc1. The number of nitrogens with zero attached hydrogens (tertiary/aromatic N) is 2. The second-order valence-corrected chi connectivity index (χ2v) is 8.76. The van der Waals surface area contributed by atoms with Crippen LogP contribution in [0.2, 0.25) is 0 Å². The lowest BCUT2D eigenvalue weighted by Crippen LogP contribution is -2.30. The summed E-state index contributed by atoms with van der Waals surface area (Å²) in [4.78, 5) is 28.5. The average molecular weight is 557 g/mol. The monoisotopic (exact) mass is 557 g/mol. The number of halogens is 6. The summed E-state index contributed by atoms with van der Waals surface area (Å²) in [5.41, 5.74) is -2.33. The molecular weight excluding hydrogens is 540 g/mol. The van der Waals surface area contributed by atoms with Gasteiger partial charge in [-0.3, -0.25) is 9.59 Å². The third-order valence-electron chi connectivity index (χ3n) is 5.96. The number of nitrogens with one attached hydrogen (secondary N) is 1. The Balaban J connectivity index is 1.64. The van der Waals surface area contributed by atoms with Gasteiger partial charge in [0, 0.05) is 16.5 Å². The fourth-order valence-corrected chi connectivity index (χ4v) is 3.99. The lowest BCUT2D eigenvalue weighted by atomic mass is 10.0. The van der Waals surface area contributed by atoms with E-state index in [1.165, 1.54) is 54.6 Å². The zero-order valence-electron chi connectivity index (χ0n) is 20.1. The fraction of sp³-hybridized carbons (Fsp3) is 0.143. The van der Waals surface area contributed by atoms with E-state index in [1.54, 1.807) is 0 Å². The number of fused-ring (bicyclic) bond motifs is 1. The summed E-state index contributed by atoms with van der Waals surface area (Å²) < 4.78 is 79.5. The Morgan fingerprint density at radius 2 is 1.50 bits per heavy atom. The molecule has 1 aromatic heterocycles. The lowest BCUT2D eigenvalue weighted by molar-refractivity contribution is -0.143.